The Kier molecular flexibility index (Phi) is 5.40. The zero-order valence-electron chi connectivity index (χ0n) is 15.5. The average Bonchev–Trinajstić information content (AvgIpc) is 3.34. The fraction of sp³-hybridized carbons (Fsp3) is 0.300. The number of halogens is 1. The quantitative estimate of drug-likeness (QED) is 0.466. The van der Waals surface area contributed by atoms with Crippen molar-refractivity contribution in [3.05, 3.63) is 65.9 Å². The summed E-state index contributed by atoms with van der Waals surface area (Å²) in [5.74, 6) is 1.19. The van der Waals surface area contributed by atoms with Crippen LogP contribution in [0.15, 0.2) is 59.7 Å². The van der Waals surface area contributed by atoms with Crippen molar-refractivity contribution in [2.45, 2.75) is 13.2 Å². The van der Waals surface area contributed by atoms with Gasteiger partial charge in [0, 0.05) is 38.4 Å². The molecule has 1 aliphatic heterocycles. The molecule has 0 unspecified atom stereocenters. The van der Waals surface area contributed by atoms with Crippen LogP contribution in [0.5, 0.6) is 0 Å². The van der Waals surface area contributed by atoms with Crippen molar-refractivity contribution in [2.24, 2.45) is 0 Å². The van der Waals surface area contributed by atoms with Crippen LogP contribution in [0.4, 0.5) is 10.1 Å². The van der Waals surface area contributed by atoms with E-state index in [1.807, 2.05) is 33.5 Å². The van der Waals surface area contributed by atoms with E-state index in [0.717, 1.165) is 31.9 Å². The van der Waals surface area contributed by atoms with Gasteiger partial charge in [0.2, 0.25) is 0 Å². The van der Waals surface area contributed by atoms with E-state index in [0.29, 0.717) is 29.6 Å². The Labute approximate surface area is 168 Å². The molecule has 1 saturated heterocycles. The number of furan rings is 1. The zero-order chi connectivity index (χ0) is 19.5. The van der Waals surface area contributed by atoms with Crippen LogP contribution < -0.4 is 4.90 Å². The first kappa shape index (κ1) is 18.6. The molecule has 6 nitrogen and oxygen atoms in total. The normalized spacial score (nSPS) is 15.1. The second-order valence-corrected chi connectivity index (χ2v) is 7.07. The van der Waals surface area contributed by atoms with Gasteiger partial charge in [-0.05, 0) is 48.6 Å². The van der Waals surface area contributed by atoms with Gasteiger partial charge in [0.15, 0.2) is 16.4 Å². The SMILES string of the molecule is C=CCn1c(-c2ccco2)nn(CN2CCN(c3ccc(F)cc3)CC2)c1=S. The molecular weight excluding hydrogens is 377 g/mol. The van der Waals surface area contributed by atoms with Gasteiger partial charge in [0.1, 0.15) is 5.82 Å². The summed E-state index contributed by atoms with van der Waals surface area (Å²) in [4.78, 5) is 4.58. The molecule has 0 radical (unpaired) electrons. The third kappa shape index (κ3) is 3.79. The van der Waals surface area contributed by atoms with Crippen molar-refractivity contribution in [1.29, 1.82) is 0 Å². The van der Waals surface area contributed by atoms with Gasteiger partial charge in [-0.15, -0.1) is 11.7 Å². The van der Waals surface area contributed by atoms with Gasteiger partial charge in [-0.25, -0.2) is 9.07 Å². The second-order valence-electron chi connectivity index (χ2n) is 6.71. The van der Waals surface area contributed by atoms with Crippen LogP contribution in [0.2, 0.25) is 0 Å². The molecule has 1 aromatic carbocycles. The summed E-state index contributed by atoms with van der Waals surface area (Å²) in [6.07, 6.45) is 3.43. The monoisotopic (exact) mass is 399 g/mol. The number of hydrogen-bond acceptors (Lipinski definition) is 5. The maximum absolute atomic E-state index is 13.1. The molecule has 3 heterocycles. The van der Waals surface area contributed by atoms with E-state index >= 15 is 0 Å². The lowest BCUT2D eigenvalue weighted by atomic mass is 10.2. The molecular formula is C20H22FN5OS. The number of piperazine rings is 1. The van der Waals surface area contributed by atoms with E-state index in [1.54, 1.807) is 12.3 Å². The summed E-state index contributed by atoms with van der Waals surface area (Å²) in [5.41, 5.74) is 1.05. The predicted molar refractivity (Wildman–Crippen MR) is 109 cm³/mol. The first-order valence-electron chi connectivity index (χ1n) is 9.21. The van der Waals surface area contributed by atoms with Crippen LogP contribution >= 0.6 is 12.2 Å². The maximum atomic E-state index is 13.1. The topological polar surface area (TPSA) is 42.4 Å². The van der Waals surface area contributed by atoms with Gasteiger partial charge in [-0.2, -0.15) is 0 Å². The van der Waals surface area contributed by atoms with Gasteiger partial charge in [0.05, 0.1) is 12.9 Å². The van der Waals surface area contributed by atoms with Crippen molar-refractivity contribution in [3.8, 4) is 11.6 Å². The lowest BCUT2D eigenvalue weighted by Gasteiger charge is -2.35. The van der Waals surface area contributed by atoms with Gasteiger partial charge >= 0.3 is 0 Å². The summed E-state index contributed by atoms with van der Waals surface area (Å²) < 4.78 is 23.0. The van der Waals surface area contributed by atoms with E-state index in [4.69, 9.17) is 16.6 Å². The Bertz CT molecular complexity index is 985. The molecule has 1 aliphatic rings. The van der Waals surface area contributed by atoms with Crippen molar-refractivity contribution < 1.29 is 8.81 Å². The summed E-state index contributed by atoms with van der Waals surface area (Å²) in [5, 5.41) is 4.69. The van der Waals surface area contributed by atoms with Crippen LogP contribution in [-0.2, 0) is 13.2 Å². The highest BCUT2D eigenvalue weighted by atomic mass is 32.1. The van der Waals surface area contributed by atoms with Gasteiger partial charge in [-0.3, -0.25) is 9.47 Å². The Morgan fingerprint density at radius 3 is 2.54 bits per heavy atom. The van der Waals surface area contributed by atoms with Crippen LogP contribution in [0.3, 0.4) is 0 Å². The van der Waals surface area contributed by atoms with Gasteiger partial charge in [0.25, 0.3) is 0 Å². The van der Waals surface area contributed by atoms with Crippen LogP contribution in [0, 0.1) is 10.6 Å². The summed E-state index contributed by atoms with van der Waals surface area (Å²) >= 11 is 5.63. The smallest absolute Gasteiger partial charge is 0.199 e. The molecule has 0 amide bonds. The molecule has 146 valence electrons. The molecule has 3 aromatic rings. The molecule has 2 aromatic heterocycles. The van der Waals surface area contributed by atoms with Crippen LogP contribution in [-0.4, -0.2) is 45.4 Å². The molecule has 0 atom stereocenters. The molecule has 0 bridgehead atoms. The van der Waals surface area contributed by atoms with E-state index < -0.39 is 0 Å². The van der Waals surface area contributed by atoms with E-state index in [-0.39, 0.29) is 5.82 Å². The fourth-order valence-corrected chi connectivity index (χ4v) is 3.66. The van der Waals surface area contributed by atoms with E-state index in [1.165, 1.54) is 12.1 Å². The summed E-state index contributed by atoms with van der Waals surface area (Å²) in [6, 6.07) is 10.4. The Balaban J connectivity index is 1.46. The van der Waals surface area contributed by atoms with Gasteiger partial charge < -0.3 is 9.32 Å². The standard InChI is InChI=1S/C20H22FN5OS/c1-2-9-25-19(18-4-3-14-27-18)22-26(20(25)28)15-23-10-12-24(13-11-23)17-7-5-16(21)6-8-17/h2-8,14H,1,9-13,15H2. The minimum Gasteiger partial charge on any atom is -0.461 e. The predicted octanol–water partition coefficient (Wildman–Crippen LogP) is 3.78. The number of benzene rings is 1. The highest BCUT2D eigenvalue weighted by Gasteiger charge is 2.20. The van der Waals surface area contributed by atoms with Gasteiger partial charge in [-0.1, -0.05) is 6.08 Å². The Morgan fingerprint density at radius 1 is 1.14 bits per heavy atom. The number of anilines is 1. The number of aromatic nitrogens is 3. The number of nitrogens with zero attached hydrogens (tertiary/aromatic N) is 5. The Hall–Kier alpha value is -2.71. The third-order valence-electron chi connectivity index (χ3n) is 4.87. The minimum atomic E-state index is -0.209. The lowest BCUT2D eigenvalue weighted by Crippen LogP contribution is -2.47. The van der Waals surface area contributed by atoms with Crippen LogP contribution in [0.25, 0.3) is 11.6 Å². The molecule has 1 fully saturated rings. The summed E-state index contributed by atoms with van der Waals surface area (Å²) in [6.45, 7) is 8.51. The highest BCUT2D eigenvalue weighted by Crippen LogP contribution is 2.20. The minimum absolute atomic E-state index is 0.209. The average molecular weight is 399 g/mol. The van der Waals surface area contributed by atoms with Crippen molar-refractivity contribution in [1.82, 2.24) is 19.2 Å². The number of hydrogen-bond donors (Lipinski definition) is 0. The number of allylic oxidation sites excluding steroid dienone is 1. The largest absolute Gasteiger partial charge is 0.461 e. The summed E-state index contributed by atoms with van der Waals surface area (Å²) in [7, 11) is 0. The molecule has 28 heavy (non-hydrogen) atoms. The van der Waals surface area contributed by atoms with Crippen LogP contribution in [0.1, 0.15) is 0 Å². The second kappa shape index (κ2) is 8.12. The highest BCUT2D eigenvalue weighted by molar-refractivity contribution is 7.71. The number of rotatable bonds is 6. The first-order chi connectivity index (χ1) is 13.7. The molecule has 8 heteroatoms. The van der Waals surface area contributed by atoms with Crippen molar-refractivity contribution in [2.75, 3.05) is 31.1 Å². The Morgan fingerprint density at radius 2 is 1.89 bits per heavy atom. The third-order valence-corrected chi connectivity index (χ3v) is 5.31. The molecule has 0 spiro atoms. The fourth-order valence-electron chi connectivity index (χ4n) is 3.40. The molecule has 0 aliphatic carbocycles. The molecule has 0 N–H and O–H groups in total. The van der Waals surface area contributed by atoms with Crippen molar-refractivity contribution >= 4 is 17.9 Å². The lowest BCUT2D eigenvalue weighted by molar-refractivity contribution is 0.194. The molecule has 0 saturated carbocycles. The molecule has 4 rings (SSSR count). The van der Waals surface area contributed by atoms with E-state index in [9.17, 15) is 4.39 Å². The maximum Gasteiger partial charge on any atom is 0.199 e. The van der Waals surface area contributed by atoms with E-state index in [2.05, 4.69) is 21.5 Å². The zero-order valence-corrected chi connectivity index (χ0v) is 16.3. The first-order valence-corrected chi connectivity index (χ1v) is 9.62. The van der Waals surface area contributed by atoms with Crippen molar-refractivity contribution in [3.63, 3.8) is 0 Å².